The topological polar surface area (TPSA) is 347 Å². The molecule has 0 atom stereocenters. The number of fused-ring (bicyclic) bond motifs is 7. The number of benzene rings is 13. The van der Waals surface area contributed by atoms with Crippen molar-refractivity contribution in [3.05, 3.63) is 288 Å². The van der Waals surface area contributed by atoms with Crippen molar-refractivity contribution in [3.8, 4) is 79.0 Å². The molecule has 0 fully saturated rings. The van der Waals surface area contributed by atoms with Crippen LogP contribution in [0, 0.1) is 46.5 Å². The summed E-state index contributed by atoms with van der Waals surface area (Å²) in [6.07, 6.45) is 0. The van der Waals surface area contributed by atoms with Crippen molar-refractivity contribution >= 4 is 126 Å². The normalized spacial score (nSPS) is 11.0. The van der Waals surface area contributed by atoms with Gasteiger partial charge < -0.3 is 43.9 Å². The maximum atomic E-state index is 14.0. The lowest BCUT2D eigenvalue weighted by molar-refractivity contribution is 0.417. The summed E-state index contributed by atoms with van der Waals surface area (Å²) < 4.78 is 118. The number of hydrogen-bond donors (Lipinski definition) is 12. The Morgan fingerprint density at radius 3 is 1.08 bits per heavy atom. The van der Waals surface area contributed by atoms with Gasteiger partial charge in [0.1, 0.15) is 74.9 Å². The number of H-pyrrole nitrogens is 6. The van der Waals surface area contributed by atoms with Crippen molar-refractivity contribution in [1.82, 2.24) is 61.2 Å². The largest absolute Gasteiger partial charge is 0.495 e. The molecule has 0 aliphatic carbocycles. The first-order valence-corrected chi connectivity index (χ1v) is 35.0. The molecule has 6 aromatic heterocycles. The third kappa shape index (κ3) is 15.8. The van der Waals surface area contributed by atoms with Crippen molar-refractivity contribution in [1.29, 1.82) is 0 Å². The number of nitrogens with zero attached hydrogens (tertiary/aromatic N) is 6. The lowest BCUT2D eigenvalue weighted by atomic mass is 10.0. The Bertz CT molecular complexity index is 6630. The van der Waals surface area contributed by atoms with Crippen LogP contribution in [0.25, 0.3) is 144 Å². The molecule has 19 aromatic rings. The Hall–Kier alpha value is -14.7. The number of methoxy groups -OCH3 is 2. The zero-order valence-electron chi connectivity index (χ0n) is 59.4. The molecular weight excluding hydrogens is 1520 g/mol. The van der Waals surface area contributed by atoms with E-state index in [1.807, 2.05) is 36.4 Å². The van der Waals surface area contributed by atoms with E-state index in [2.05, 4.69) is 101 Å². The van der Waals surface area contributed by atoms with Crippen molar-refractivity contribution in [2.75, 3.05) is 48.6 Å². The number of hydrogen-bond acceptors (Lipinski definition) is 14. The van der Waals surface area contributed by atoms with Crippen LogP contribution in [0.1, 0.15) is 0 Å². The molecule has 0 spiro atoms. The first kappa shape index (κ1) is 75.1. The number of aromatic nitrogens is 12. The Kier molecular flexibility index (Phi) is 21.4. The van der Waals surface area contributed by atoms with Gasteiger partial charge in [0, 0.05) is 78.8 Å². The molecule has 0 aliphatic rings. The quantitative estimate of drug-likeness (QED) is 0.0497. The predicted molar refractivity (Wildman–Crippen MR) is 434 cm³/mol. The Morgan fingerprint density at radius 1 is 0.283 bits per heavy atom. The third-order valence-electron chi connectivity index (χ3n) is 18.1. The van der Waals surface area contributed by atoms with Gasteiger partial charge in [-0.05, 0) is 148 Å². The molecule has 0 bridgehead atoms. The number of aromatic amines is 6. The molecule has 18 N–H and O–H groups in total. The Balaban J connectivity index is 0.000000112. The fraction of sp³-hybridized carbons (Fsp3) is 0.0238. The number of halogens is 9. The van der Waals surface area contributed by atoms with Crippen LogP contribution < -0.4 is 43.9 Å². The molecule has 0 amide bonds. The standard InChI is InChI=1S/C17H12FN3.2C14H12FN3O.C13H9BrFN3.2C13H9F2N3/c18-14-9-16-13(8-15(14)19)17(21-20-16)12-6-5-10-3-1-2-4-11(10)7-12;1-19-13-7-12-10(6-11(13)16)14(18-17-12)8-3-2-4-9(15)5-8;1-19-14-10(16)5-6-11-12(14)13(18-17-11)8-3-2-4-9(15)7-8;14-12-9(16)4-5-10-11(12)13(18-17-10)7-2-1-3-8(15)6-7;14-8-3-1-2-7(4-8)13-9-5-11(16)10(15)6-12(9)17-18-13;14-8-3-1-2-7(6-8)13-11-10(17-18-13)5-4-9(16)12(11)15/h1-9H,19H2,(H,20,21);2*2-7H,16H2,1H3,(H,17,18);3*1-6H,16H2,(H,17,18). The molecule has 6 heterocycles. The smallest absolute Gasteiger partial charge is 0.157 e. The summed E-state index contributed by atoms with van der Waals surface area (Å²) in [5.41, 5.74) is 48.3. The summed E-state index contributed by atoms with van der Waals surface area (Å²) in [6, 6.07) is 64.7. The Morgan fingerprint density at radius 2 is 0.637 bits per heavy atom. The van der Waals surface area contributed by atoms with E-state index in [0.29, 0.717) is 107 Å². The van der Waals surface area contributed by atoms with Crippen LogP contribution in [0.4, 0.5) is 69.2 Å². The average Bonchev–Trinajstić information content (AvgIpc) is 1.68. The van der Waals surface area contributed by atoms with Crippen LogP contribution in [0.3, 0.4) is 0 Å². The summed E-state index contributed by atoms with van der Waals surface area (Å²) in [4.78, 5) is 0. The summed E-state index contributed by atoms with van der Waals surface area (Å²) >= 11 is 3.45. The molecule has 564 valence electrons. The number of nitrogen functional groups attached to an aromatic ring is 6. The van der Waals surface area contributed by atoms with E-state index in [1.165, 1.54) is 90.3 Å². The fourth-order valence-corrected chi connectivity index (χ4v) is 13.2. The highest BCUT2D eigenvalue weighted by Gasteiger charge is 2.20. The van der Waals surface area contributed by atoms with Crippen molar-refractivity contribution < 1.29 is 44.6 Å². The minimum Gasteiger partial charge on any atom is -0.495 e. The molecule has 0 saturated carbocycles. The zero-order chi connectivity index (χ0) is 79.3. The van der Waals surface area contributed by atoms with Gasteiger partial charge in [-0.2, -0.15) is 30.6 Å². The van der Waals surface area contributed by atoms with Gasteiger partial charge in [0.05, 0.1) is 96.7 Å². The predicted octanol–water partition coefficient (Wildman–Crippen LogP) is 19.9. The number of nitrogens with two attached hydrogens (primary N) is 6. The fourth-order valence-electron chi connectivity index (χ4n) is 12.6. The van der Waals surface area contributed by atoms with Crippen LogP contribution >= 0.6 is 15.9 Å². The van der Waals surface area contributed by atoms with Gasteiger partial charge in [-0.15, -0.1) is 0 Å². The molecule has 20 nitrogen and oxygen atoms in total. The molecular formula is C84H63BrF8N18O2. The van der Waals surface area contributed by atoms with Gasteiger partial charge in [-0.1, -0.05) is 97.1 Å². The second kappa shape index (κ2) is 32.2. The van der Waals surface area contributed by atoms with E-state index >= 15 is 0 Å². The highest BCUT2D eigenvalue weighted by atomic mass is 79.9. The first-order valence-electron chi connectivity index (χ1n) is 34.2. The maximum Gasteiger partial charge on any atom is 0.157 e. The van der Waals surface area contributed by atoms with E-state index < -0.39 is 23.3 Å². The number of nitrogens with one attached hydrogen (secondary N) is 6. The van der Waals surface area contributed by atoms with Gasteiger partial charge >= 0.3 is 0 Å². The molecule has 19 rings (SSSR count). The van der Waals surface area contributed by atoms with Gasteiger partial charge in [-0.3, -0.25) is 30.6 Å². The second-order valence-electron chi connectivity index (χ2n) is 25.4. The Labute approximate surface area is 643 Å². The van der Waals surface area contributed by atoms with Crippen molar-refractivity contribution in [3.63, 3.8) is 0 Å². The molecule has 13 aromatic carbocycles. The molecule has 0 unspecified atom stereocenters. The SMILES string of the molecule is COc1c(N)ccc2[nH]nc(-c3cccc(F)c3)c12.COc1cc2[nH]nc(-c3cccc(F)c3)c2cc1N.Nc1cc2c(-c3ccc4ccccc4c3)n[nH]c2cc1F.Nc1cc2c(-c3cccc(F)c3)n[nH]c2cc1F.Nc1ccc2[nH]nc(-c3cccc(F)c3)c2c1Br.Nc1ccc2[nH]nc(-c3cccc(F)c3)c2c1F. The van der Waals surface area contributed by atoms with Gasteiger partial charge in [0.25, 0.3) is 0 Å². The molecule has 0 aliphatic heterocycles. The van der Waals surface area contributed by atoms with Crippen LogP contribution in [0.2, 0.25) is 0 Å². The van der Waals surface area contributed by atoms with Crippen LogP contribution in [0.5, 0.6) is 11.5 Å². The lowest BCUT2D eigenvalue weighted by Crippen LogP contribution is -1.93. The zero-order valence-corrected chi connectivity index (χ0v) is 61.0. The van der Waals surface area contributed by atoms with E-state index in [1.54, 1.807) is 105 Å². The molecule has 0 saturated heterocycles. The number of ether oxygens (including phenoxy) is 2. The van der Waals surface area contributed by atoms with Crippen LogP contribution in [-0.2, 0) is 0 Å². The maximum absolute atomic E-state index is 14.0. The van der Waals surface area contributed by atoms with Crippen molar-refractivity contribution in [2.45, 2.75) is 0 Å². The minimum atomic E-state index is -0.541. The highest BCUT2D eigenvalue weighted by Crippen LogP contribution is 2.41. The van der Waals surface area contributed by atoms with Crippen molar-refractivity contribution in [2.24, 2.45) is 0 Å². The number of rotatable bonds is 8. The van der Waals surface area contributed by atoms with E-state index in [-0.39, 0.29) is 45.7 Å². The minimum absolute atomic E-state index is 0.0431. The summed E-state index contributed by atoms with van der Waals surface area (Å²) in [7, 11) is 3.11. The van der Waals surface area contributed by atoms with Gasteiger partial charge in [0.15, 0.2) is 11.6 Å². The van der Waals surface area contributed by atoms with E-state index in [4.69, 9.17) is 43.9 Å². The summed E-state index contributed by atoms with van der Waals surface area (Å²) in [5, 5.41) is 48.6. The van der Waals surface area contributed by atoms with Gasteiger partial charge in [-0.25, -0.2) is 35.1 Å². The first-order chi connectivity index (χ1) is 54.6. The second-order valence-corrected chi connectivity index (χ2v) is 26.2. The highest BCUT2D eigenvalue weighted by molar-refractivity contribution is 9.10. The average molecular weight is 1590 g/mol. The number of anilines is 6. The molecule has 0 radical (unpaired) electrons. The third-order valence-corrected chi connectivity index (χ3v) is 19.0. The van der Waals surface area contributed by atoms with E-state index in [0.717, 1.165) is 59.2 Å². The lowest BCUT2D eigenvalue weighted by Gasteiger charge is -2.07. The van der Waals surface area contributed by atoms with Gasteiger partial charge in [0.2, 0.25) is 0 Å². The monoisotopic (exact) mass is 1590 g/mol. The van der Waals surface area contributed by atoms with Crippen LogP contribution in [-0.4, -0.2) is 75.4 Å². The summed E-state index contributed by atoms with van der Waals surface area (Å²) in [5.74, 6) is -1.98. The van der Waals surface area contributed by atoms with Crippen LogP contribution in [0.15, 0.2) is 241 Å². The summed E-state index contributed by atoms with van der Waals surface area (Å²) in [6.45, 7) is 0. The molecule has 29 heteroatoms. The van der Waals surface area contributed by atoms with E-state index in [9.17, 15) is 35.1 Å². The molecule has 113 heavy (non-hydrogen) atoms.